The normalized spacial score (nSPS) is 25.9. The first-order valence-corrected chi connectivity index (χ1v) is 14.7. The summed E-state index contributed by atoms with van der Waals surface area (Å²) in [6.07, 6.45) is -1.45. The van der Waals surface area contributed by atoms with Gasteiger partial charge in [-0.15, -0.1) is 0 Å². The Morgan fingerprint density at radius 1 is 1.16 bits per heavy atom. The maximum absolute atomic E-state index is 13.7. The summed E-state index contributed by atoms with van der Waals surface area (Å²) in [4.78, 5) is 10.9. The van der Waals surface area contributed by atoms with E-state index in [1.807, 2.05) is 4.90 Å². The number of likely N-dealkylation sites (tertiary alicyclic amines) is 1. The number of nitrogens with one attached hydrogen (secondary N) is 1. The molecular formula is C25H32F5N5O2S. The minimum Gasteiger partial charge on any atom is -0.351 e. The van der Waals surface area contributed by atoms with Gasteiger partial charge in [-0.3, -0.25) is 0 Å². The van der Waals surface area contributed by atoms with Crippen molar-refractivity contribution in [3.8, 4) is 0 Å². The minimum absolute atomic E-state index is 0.000448. The molecule has 1 aromatic heterocycles. The standard InChI is InChI=1S/C25H32F5N5O2S/c1-38(36,37)35-6-2-19(3-7-35)32-23-31-14-17-10-16(22(26)27)11-20(21(17)33-23)18-12-24(13-18)4-8-34(15-24)9-5-25(28,29)30/h10-11,14,18-19,22H,2-9,12-13,15H2,1H3,(H,31,32,33). The second-order valence-corrected chi connectivity index (χ2v) is 13.1. The zero-order valence-electron chi connectivity index (χ0n) is 21.1. The van der Waals surface area contributed by atoms with E-state index in [-0.39, 0.29) is 29.5 Å². The Morgan fingerprint density at radius 2 is 1.87 bits per heavy atom. The van der Waals surface area contributed by atoms with Crippen molar-refractivity contribution in [2.45, 2.75) is 63.1 Å². The minimum atomic E-state index is -4.18. The second-order valence-electron chi connectivity index (χ2n) is 11.1. The third-order valence-electron chi connectivity index (χ3n) is 8.27. The third-order valence-corrected chi connectivity index (χ3v) is 9.57. The van der Waals surface area contributed by atoms with Gasteiger partial charge in [0.2, 0.25) is 16.0 Å². The van der Waals surface area contributed by atoms with Gasteiger partial charge in [0.1, 0.15) is 0 Å². The SMILES string of the molecule is CS(=O)(=O)N1CCC(Nc2ncc3cc(C(F)F)cc(C4CC5(CCN(CCC(F)(F)F)C5)C4)c3n2)CC1. The van der Waals surface area contributed by atoms with Crippen LogP contribution in [0, 0.1) is 5.41 Å². The average molecular weight is 562 g/mol. The van der Waals surface area contributed by atoms with Crippen molar-refractivity contribution in [1.29, 1.82) is 0 Å². The van der Waals surface area contributed by atoms with Crippen LogP contribution in [-0.4, -0.2) is 78.8 Å². The molecule has 1 saturated carbocycles. The fourth-order valence-electron chi connectivity index (χ4n) is 6.26. The summed E-state index contributed by atoms with van der Waals surface area (Å²) in [7, 11) is -3.24. The van der Waals surface area contributed by atoms with E-state index in [0.29, 0.717) is 55.9 Å². The summed E-state index contributed by atoms with van der Waals surface area (Å²) in [6.45, 7) is 2.01. The van der Waals surface area contributed by atoms with Crippen LogP contribution < -0.4 is 5.32 Å². The van der Waals surface area contributed by atoms with Gasteiger partial charge in [-0.05, 0) is 67.7 Å². The topological polar surface area (TPSA) is 78.4 Å². The largest absolute Gasteiger partial charge is 0.390 e. The van der Waals surface area contributed by atoms with Crippen LogP contribution in [0.25, 0.3) is 10.9 Å². The van der Waals surface area contributed by atoms with Crippen LogP contribution in [0.5, 0.6) is 0 Å². The number of hydrogen-bond donors (Lipinski definition) is 1. The predicted molar refractivity (Wildman–Crippen MR) is 134 cm³/mol. The van der Waals surface area contributed by atoms with E-state index in [1.165, 1.54) is 28.9 Å². The molecule has 38 heavy (non-hydrogen) atoms. The van der Waals surface area contributed by atoms with Crippen molar-refractivity contribution >= 4 is 26.9 Å². The molecule has 1 spiro atoms. The van der Waals surface area contributed by atoms with Gasteiger partial charge in [0.15, 0.2) is 0 Å². The highest BCUT2D eigenvalue weighted by Crippen LogP contribution is 2.57. The number of halogens is 5. The van der Waals surface area contributed by atoms with Gasteiger partial charge in [-0.25, -0.2) is 31.5 Å². The number of alkyl halides is 5. The fraction of sp³-hybridized carbons (Fsp3) is 0.680. The molecule has 1 aliphatic carbocycles. The van der Waals surface area contributed by atoms with Gasteiger partial charge in [-0.1, -0.05) is 0 Å². The van der Waals surface area contributed by atoms with Crippen LogP contribution >= 0.6 is 0 Å². The quantitative estimate of drug-likeness (QED) is 0.484. The molecule has 0 bridgehead atoms. The number of fused-ring (bicyclic) bond motifs is 1. The van der Waals surface area contributed by atoms with Crippen LogP contribution in [0.1, 0.15) is 62.0 Å². The third kappa shape index (κ3) is 6.04. The zero-order valence-corrected chi connectivity index (χ0v) is 22.0. The first-order chi connectivity index (χ1) is 17.8. The first-order valence-electron chi connectivity index (χ1n) is 12.9. The van der Waals surface area contributed by atoms with Crippen molar-refractivity contribution in [1.82, 2.24) is 19.2 Å². The Kier molecular flexibility index (Phi) is 7.31. The number of nitrogens with zero attached hydrogens (tertiary/aromatic N) is 4. The average Bonchev–Trinajstić information content (AvgIpc) is 3.25. The Labute approximate surface area is 218 Å². The molecule has 13 heteroatoms. The summed E-state index contributed by atoms with van der Waals surface area (Å²) >= 11 is 0. The van der Waals surface area contributed by atoms with E-state index in [1.54, 1.807) is 0 Å². The molecule has 2 aromatic rings. The van der Waals surface area contributed by atoms with E-state index in [0.717, 1.165) is 24.8 Å². The Hall–Kier alpha value is -2.12. The Morgan fingerprint density at radius 3 is 2.50 bits per heavy atom. The highest BCUT2D eigenvalue weighted by molar-refractivity contribution is 7.88. The molecule has 2 saturated heterocycles. The van der Waals surface area contributed by atoms with E-state index in [2.05, 4.69) is 10.3 Å². The second kappa shape index (κ2) is 10.1. The highest BCUT2D eigenvalue weighted by atomic mass is 32.2. The molecule has 1 N–H and O–H groups in total. The molecule has 3 aliphatic rings. The Bertz CT molecular complexity index is 1270. The summed E-state index contributed by atoms with van der Waals surface area (Å²) in [5, 5.41) is 3.80. The number of sulfonamides is 1. The fourth-order valence-corrected chi connectivity index (χ4v) is 7.13. The van der Waals surface area contributed by atoms with E-state index < -0.39 is 29.0 Å². The predicted octanol–water partition coefficient (Wildman–Crippen LogP) is 4.93. The summed E-state index contributed by atoms with van der Waals surface area (Å²) in [5.74, 6) is 0.370. The van der Waals surface area contributed by atoms with Gasteiger partial charge in [0.05, 0.1) is 18.2 Å². The number of piperidine rings is 1. The molecule has 5 rings (SSSR count). The number of benzene rings is 1. The van der Waals surface area contributed by atoms with Crippen molar-refractivity contribution in [3.63, 3.8) is 0 Å². The van der Waals surface area contributed by atoms with E-state index in [9.17, 15) is 30.4 Å². The van der Waals surface area contributed by atoms with Crippen molar-refractivity contribution in [3.05, 3.63) is 29.5 Å². The van der Waals surface area contributed by atoms with Crippen LogP contribution in [0.3, 0.4) is 0 Å². The molecular weight excluding hydrogens is 529 g/mol. The first kappa shape index (κ1) is 27.4. The lowest BCUT2D eigenvalue weighted by molar-refractivity contribution is -0.137. The summed E-state index contributed by atoms with van der Waals surface area (Å²) < 4.78 is 90.3. The smallest absolute Gasteiger partial charge is 0.351 e. The van der Waals surface area contributed by atoms with Crippen molar-refractivity contribution < 1.29 is 30.4 Å². The van der Waals surface area contributed by atoms with Crippen LogP contribution in [-0.2, 0) is 10.0 Å². The number of rotatable bonds is 7. The molecule has 3 fully saturated rings. The maximum atomic E-state index is 13.7. The number of anilines is 1. The lowest BCUT2D eigenvalue weighted by atomic mass is 9.59. The molecule has 0 amide bonds. The van der Waals surface area contributed by atoms with Gasteiger partial charge in [-0.2, -0.15) is 13.2 Å². The molecule has 1 aromatic carbocycles. The molecule has 0 unspecified atom stereocenters. The van der Waals surface area contributed by atoms with Crippen LogP contribution in [0.4, 0.5) is 27.9 Å². The molecule has 0 atom stereocenters. The summed E-state index contributed by atoms with van der Waals surface area (Å²) in [5.41, 5.74) is 1.16. The molecule has 0 radical (unpaired) electrons. The van der Waals surface area contributed by atoms with Gasteiger partial charge in [0, 0.05) is 49.4 Å². The lowest BCUT2D eigenvalue weighted by Gasteiger charge is -2.46. The zero-order chi connectivity index (χ0) is 27.3. The van der Waals surface area contributed by atoms with E-state index >= 15 is 0 Å². The van der Waals surface area contributed by atoms with E-state index in [4.69, 9.17) is 4.98 Å². The van der Waals surface area contributed by atoms with Gasteiger partial charge < -0.3 is 10.2 Å². The monoisotopic (exact) mass is 561 g/mol. The molecule has 7 nitrogen and oxygen atoms in total. The summed E-state index contributed by atoms with van der Waals surface area (Å²) in [6, 6.07) is 2.91. The van der Waals surface area contributed by atoms with Crippen molar-refractivity contribution in [2.24, 2.45) is 5.41 Å². The highest BCUT2D eigenvalue weighted by Gasteiger charge is 2.49. The van der Waals surface area contributed by atoms with Crippen LogP contribution in [0.2, 0.25) is 0 Å². The van der Waals surface area contributed by atoms with Gasteiger partial charge >= 0.3 is 6.18 Å². The van der Waals surface area contributed by atoms with Crippen molar-refractivity contribution in [2.75, 3.05) is 44.3 Å². The number of aromatic nitrogens is 2. The lowest BCUT2D eigenvalue weighted by Crippen LogP contribution is -2.42. The molecule has 210 valence electrons. The van der Waals surface area contributed by atoms with Crippen LogP contribution in [0.15, 0.2) is 18.3 Å². The molecule has 3 heterocycles. The number of hydrogen-bond acceptors (Lipinski definition) is 6. The Balaban J connectivity index is 1.31. The maximum Gasteiger partial charge on any atom is 0.390 e. The molecule has 2 aliphatic heterocycles. The van der Waals surface area contributed by atoms with Gasteiger partial charge in [0.25, 0.3) is 6.43 Å².